The molecular formula is C17H23NO. The number of fused-ring (bicyclic) bond motifs is 2. The van der Waals surface area contributed by atoms with Gasteiger partial charge in [-0.25, -0.2) is 0 Å². The maximum atomic E-state index is 5.55. The van der Waals surface area contributed by atoms with Gasteiger partial charge in [-0.15, -0.1) is 0 Å². The molecule has 0 amide bonds. The highest BCUT2D eigenvalue weighted by atomic mass is 16.5. The molecule has 1 saturated heterocycles. The summed E-state index contributed by atoms with van der Waals surface area (Å²) in [6.45, 7) is 2.68. The summed E-state index contributed by atoms with van der Waals surface area (Å²) in [5.41, 5.74) is 3.02. The molecule has 4 rings (SSSR count). The third kappa shape index (κ3) is 2.06. The minimum absolute atomic E-state index is 0.806. The van der Waals surface area contributed by atoms with E-state index in [-0.39, 0.29) is 0 Å². The largest absolute Gasteiger partial charge is 0.496 e. The molecule has 0 unspecified atom stereocenters. The van der Waals surface area contributed by atoms with Crippen LogP contribution in [0.15, 0.2) is 18.2 Å². The summed E-state index contributed by atoms with van der Waals surface area (Å²) < 4.78 is 5.55. The summed E-state index contributed by atoms with van der Waals surface area (Å²) in [5, 5.41) is 0. The highest BCUT2D eigenvalue weighted by molar-refractivity contribution is 5.43. The van der Waals surface area contributed by atoms with Crippen molar-refractivity contribution in [3.8, 4) is 5.75 Å². The maximum Gasteiger partial charge on any atom is 0.122 e. The lowest BCUT2D eigenvalue weighted by Crippen LogP contribution is -2.39. The first-order valence-electron chi connectivity index (χ1n) is 7.74. The first kappa shape index (κ1) is 11.8. The van der Waals surface area contributed by atoms with Crippen LogP contribution < -0.4 is 4.74 Å². The number of hydrogen-bond acceptors (Lipinski definition) is 2. The van der Waals surface area contributed by atoms with Gasteiger partial charge >= 0.3 is 0 Å². The summed E-state index contributed by atoms with van der Waals surface area (Å²) in [4.78, 5) is 2.78. The topological polar surface area (TPSA) is 12.5 Å². The van der Waals surface area contributed by atoms with Crippen LogP contribution in [0.4, 0.5) is 0 Å². The van der Waals surface area contributed by atoms with Crippen LogP contribution in [0, 0.1) is 11.8 Å². The molecule has 2 atom stereocenters. The Kier molecular flexibility index (Phi) is 2.80. The van der Waals surface area contributed by atoms with Crippen molar-refractivity contribution in [3.63, 3.8) is 0 Å². The summed E-state index contributed by atoms with van der Waals surface area (Å²) in [7, 11) is 1.80. The molecule has 2 fully saturated rings. The smallest absolute Gasteiger partial charge is 0.122 e. The Morgan fingerprint density at radius 1 is 1.21 bits per heavy atom. The zero-order valence-electron chi connectivity index (χ0n) is 11.8. The summed E-state index contributed by atoms with van der Waals surface area (Å²) in [5.74, 6) is 2.99. The Balaban J connectivity index is 1.59. The van der Waals surface area contributed by atoms with E-state index in [2.05, 4.69) is 23.1 Å². The van der Waals surface area contributed by atoms with E-state index in [0.29, 0.717) is 0 Å². The van der Waals surface area contributed by atoms with Crippen molar-refractivity contribution >= 4 is 0 Å². The molecular weight excluding hydrogens is 234 g/mol. The van der Waals surface area contributed by atoms with Gasteiger partial charge in [0.2, 0.25) is 0 Å². The fourth-order valence-electron chi connectivity index (χ4n) is 4.09. The fourth-order valence-corrected chi connectivity index (χ4v) is 4.09. The van der Waals surface area contributed by atoms with Gasteiger partial charge < -0.3 is 4.74 Å². The standard InChI is InChI=1S/C17H23NO/c1-19-17-4-2-3-13-10-16-14(9-15(13)17)7-8-18(16)11-12-5-6-12/h2-4,12,14,16H,5-11H2,1H3/t14-,16-/m0/s1. The molecule has 0 aromatic heterocycles. The minimum Gasteiger partial charge on any atom is -0.496 e. The number of rotatable bonds is 3. The van der Waals surface area contributed by atoms with Gasteiger partial charge in [0.15, 0.2) is 0 Å². The molecule has 2 aliphatic carbocycles. The molecule has 1 heterocycles. The molecule has 1 aromatic rings. The molecule has 0 radical (unpaired) electrons. The predicted molar refractivity (Wildman–Crippen MR) is 76.6 cm³/mol. The fraction of sp³-hybridized carbons (Fsp3) is 0.647. The quantitative estimate of drug-likeness (QED) is 0.825. The lowest BCUT2D eigenvalue weighted by Gasteiger charge is -2.33. The van der Waals surface area contributed by atoms with Crippen LogP contribution in [0.1, 0.15) is 30.4 Å². The Morgan fingerprint density at radius 2 is 2.11 bits per heavy atom. The van der Waals surface area contributed by atoms with E-state index in [1.807, 2.05) is 0 Å². The molecule has 2 nitrogen and oxygen atoms in total. The van der Waals surface area contributed by atoms with Crippen LogP contribution in [0.2, 0.25) is 0 Å². The van der Waals surface area contributed by atoms with Gasteiger partial charge in [0, 0.05) is 12.6 Å². The Hall–Kier alpha value is -1.02. The van der Waals surface area contributed by atoms with Crippen LogP contribution >= 0.6 is 0 Å². The average molecular weight is 257 g/mol. The third-order valence-corrected chi connectivity index (χ3v) is 5.34. The lowest BCUT2D eigenvalue weighted by molar-refractivity contribution is 0.207. The second kappa shape index (κ2) is 4.52. The molecule has 0 N–H and O–H groups in total. The number of hydrogen-bond donors (Lipinski definition) is 0. The first-order valence-corrected chi connectivity index (χ1v) is 7.74. The van der Waals surface area contributed by atoms with Crippen molar-refractivity contribution in [1.82, 2.24) is 4.90 Å². The van der Waals surface area contributed by atoms with Crippen LogP contribution in [-0.2, 0) is 12.8 Å². The zero-order valence-corrected chi connectivity index (χ0v) is 11.8. The molecule has 0 spiro atoms. The number of benzene rings is 1. The van der Waals surface area contributed by atoms with Gasteiger partial charge in [0.05, 0.1) is 7.11 Å². The minimum atomic E-state index is 0.806. The van der Waals surface area contributed by atoms with Crippen molar-refractivity contribution in [2.24, 2.45) is 11.8 Å². The number of ether oxygens (including phenoxy) is 1. The first-order chi connectivity index (χ1) is 9.35. The van der Waals surface area contributed by atoms with E-state index < -0.39 is 0 Å². The van der Waals surface area contributed by atoms with E-state index in [0.717, 1.165) is 23.6 Å². The van der Waals surface area contributed by atoms with Crippen molar-refractivity contribution in [1.29, 1.82) is 0 Å². The van der Waals surface area contributed by atoms with Crippen LogP contribution in [0.3, 0.4) is 0 Å². The van der Waals surface area contributed by atoms with Gasteiger partial charge in [-0.3, -0.25) is 4.90 Å². The second-order valence-corrected chi connectivity index (χ2v) is 6.56. The molecule has 102 valence electrons. The average Bonchev–Trinajstić information content (AvgIpc) is 3.18. The highest BCUT2D eigenvalue weighted by Crippen LogP contribution is 2.41. The molecule has 1 aromatic carbocycles. The molecule has 3 aliphatic rings. The molecule has 2 heteroatoms. The van der Waals surface area contributed by atoms with Gasteiger partial charge in [0.25, 0.3) is 0 Å². The summed E-state index contributed by atoms with van der Waals surface area (Å²) in [6.07, 6.45) is 6.79. The lowest BCUT2D eigenvalue weighted by atomic mass is 9.80. The Labute approximate surface area is 115 Å². The van der Waals surface area contributed by atoms with Crippen LogP contribution in [0.5, 0.6) is 5.75 Å². The van der Waals surface area contributed by atoms with Crippen molar-refractivity contribution in [2.45, 2.75) is 38.1 Å². The normalized spacial score (nSPS) is 29.9. The Morgan fingerprint density at radius 3 is 2.89 bits per heavy atom. The summed E-state index contributed by atoms with van der Waals surface area (Å²) >= 11 is 0. The van der Waals surface area contributed by atoms with Gasteiger partial charge in [0.1, 0.15) is 5.75 Å². The van der Waals surface area contributed by atoms with Crippen LogP contribution in [-0.4, -0.2) is 31.1 Å². The second-order valence-electron chi connectivity index (χ2n) is 6.56. The van der Waals surface area contributed by atoms with E-state index in [1.54, 1.807) is 7.11 Å². The Bertz CT molecular complexity index is 480. The molecule has 0 bridgehead atoms. The van der Waals surface area contributed by atoms with Crippen molar-refractivity contribution in [2.75, 3.05) is 20.2 Å². The van der Waals surface area contributed by atoms with Gasteiger partial charge in [-0.1, -0.05) is 12.1 Å². The van der Waals surface area contributed by atoms with E-state index in [4.69, 9.17) is 4.74 Å². The number of methoxy groups -OCH3 is 1. The van der Waals surface area contributed by atoms with E-state index in [1.165, 1.54) is 56.3 Å². The van der Waals surface area contributed by atoms with Crippen molar-refractivity contribution < 1.29 is 4.74 Å². The molecule has 19 heavy (non-hydrogen) atoms. The molecule has 1 saturated carbocycles. The van der Waals surface area contributed by atoms with E-state index in [9.17, 15) is 0 Å². The number of likely N-dealkylation sites (tertiary alicyclic amines) is 1. The SMILES string of the molecule is COc1cccc2c1C[C@@H]1CCN(CC3CC3)[C@H]1C2. The van der Waals surface area contributed by atoms with Gasteiger partial charge in [-0.05, 0) is 67.7 Å². The number of nitrogens with zero attached hydrogens (tertiary/aromatic N) is 1. The van der Waals surface area contributed by atoms with Crippen LogP contribution in [0.25, 0.3) is 0 Å². The van der Waals surface area contributed by atoms with Crippen molar-refractivity contribution in [3.05, 3.63) is 29.3 Å². The molecule has 1 aliphatic heterocycles. The van der Waals surface area contributed by atoms with Gasteiger partial charge in [-0.2, -0.15) is 0 Å². The highest BCUT2D eigenvalue weighted by Gasteiger charge is 2.40. The maximum absolute atomic E-state index is 5.55. The summed E-state index contributed by atoms with van der Waals surface area (Å²) in [6, 6.07) is 7.39. The zero-order chi connectivity index (χ0) is 12.8. The van der Waals surface area contributed by atoms with E-state index >= 15 is 0 Å². The third-order valence-electron chi connectivity index (χ3n) is 5.34. The predicted octanol–water partition coefficient (Wildman–Crippen LogP) is 2.89. The monoisotopic (exact) mass is 257 g/mol.